The van der Waals surface area contributed by atoms with Gasteiger partial charge < -0.3 is 4.55 Å². The molecule has 0 saturated carbocycles. The van der Waals surface area contributed by atoms with Crippen LogP contribution in [0, 0.1) is 3.57 Å². The van der Waals surface area contributed by atoms with Crippen molar-refractivity contribution >= 4 is 10.1 Å². The standard InChI is InChI=1S/C9H10I.CHF3O3S/c1-2-8-10-9-6-4-3-5-7-9;2-1(3,4)8(5,6)7/h2-8H,1H3;(H,5,6,7)/q+1;/p-1/b8-2+;. The average Bonchev–Trinajstić information content (AvgIpc) is 2.26. The average molecular weight is 394 g/mol. The second-order valence-corrected chi connectivity index (χ2v) is 6.72. The van der Waals surface area contributed by atoms with Crippen LogP contribution in [-0.4, -0.2) is 18.5 Å². The summed E-state index contributed by atoms with van der Waals surface area (Å²) in [6.45, 7) is 2.07. The molecule has 1 aromatic rings. The molecule has 0 aliphatic carbocycles. The van der Waals surface area contributed by atoms with E-state index in [4.69, 9.17) is 13.0 Å². The number of alkyl halides is 3. The Bertz CT molecular complexity index is 469. The predicted molar refractivity (Wildman–Crippen MR) is 55.7 cm³/mol. The van der Waals surface area contributed by atoms with Crippen LogP contribution in [0.25, 0.3) is 0 Å². The van der Waals surface area contributed by atoms with Gasteiger partial charge >= 0.3 is 26.7 Å². The number of rotatable bonds is 2. The molecule has 1 rings (SSSR count). The first-order valence-electron chi connectivity index (χ1n) is 4.50. The molecule has 3 nitrogen and oxygen atoms in total. The summed E-state index contributed by atoms with van der Waals surface area (Å²) in [5.74, 6) is 0. The fraction of sp³-hybridized carbons (Fsp3) is 0.200. The molecule has 18 heavy (non-hydrogen) atoms. The van der Waals surface area contributed by atoms with Crippen molar-refractivity contribution in [2.45, 2.75) is 12.4 Å². The van der Waals surface area contributed by atoms with Crippen molar-refractivity contribution in [3.05, 3.63) is 44.1 Å². The minimum absolute atomic E-state index is 0.146. The molecular weight excluding hydrogens is 384 g/mol. The number of benzene rings is 1. The first-order valence-corrected chi connectivity index (χ1v) is 8.23. The lowest BCUT2D eigenvalue weighted by molar-refractivity contribution is -0.557. The molecule has 0 radical (unpaired) electrons. The van der Waals surface area contributed by atoms with Crippen LogP contribution in [0.2, 0.25) is 0 Å². The summed E-state index contributed by atoms with van der Waals surface area (Å²) in [6.07, 6.45) is 2.13. The van der Waals surface area contributed by atoms with Crippen molar-refractivity contribution in [2.24, 2.45) is 0 Å². The smallest absolute Gasteiger partial charge is 0.485 e. The van der Waals surface area contributed by atoms with Crippen molar-refractivity contribution in [3.63, 3.8) is 0 Å². The maximum absolute atomic E-state index is 10.7. The van der Waals surface area contributed by atoms with E-state index in [0.717, 1.165) is 0 Å². The SMILES string of the molecule is C/C=C/[I+]c1ccccc1.O=S(=O)([O-])C(F)(F)F. The summed E-state index contributed by atoms with van der Waals surface area (Å²) >= 11 is 0.146. The molecule has 0 unspecified atom stereocenters. The first-order chi connectivity index (χ1) is 8.18. The Morgan fingerprint density at radius 1 is 1.22 bits per heavy atom. The highest BCUT2D eigenvalue weighted by molar-refractivity contribution is 7.86. The van der Waals surface area contributed by atoms with Gasteiger partial charge in [-0.2, -0.15) is 13.2 Å². The van der Waals surface area contributed by atoms with Crippen LogP contribution in [0.4, 0.5) is 13.2 Å². The zero-order valence-corrected chi connectivity index (χ0v) is 12.2. The molecule has 0 fully saturated rings. The van der Waals surface area contributed by atoms with E-state index in [2.05, 4.69) is 47.4 Å². The molecule has 0 aromatic heterocycles. The zero-order valence-electron chi connectivity index (χ0n) is 9.19. The first kappa shape index (κ1) is 17.4. The summed E-state index contributed by atoms with van der Waals surface area (Å²) in [4.78, 5) is 0. The van der Waals surface area contributed by atoms with E-state index >= 15 is 0 Å². The van der Waals surface area contributed by atoms with Crippen molar-refractivity contribution < 1.29 is 47.3 Å². The molecular formula is C10H10F3IO3S. The van der Waals surface area contributed by atoms with E-state index < -0.39 is 15.6 Å². The van der Waals surface area contributed by atoms with E-state index in [1.165, 1.54) is 3.57 Å². The fourth-order valence-corrected chi connectivity index (χ4v) is 2.23. The number of halogens is 4. The van der Waals surface area contributed by atoms with Gasteiger partial charge in [0.1, 0.15) is 0 Å². The van der Waals surface area contributed by atoms with E-state index in [1.807, 2.05) is 0 Å². The van der Waals surface area contributed by atoms with Gasteiger partial charge in [0.05, 0.1) is 0 Å². The fourth-order valence-electron chi connectivity index (χ4n) is 0.623. The Hall–Kier alpha value is -0.610. The topological polar surface area (TPSA) is 57.2 Å². The molecule has 1 aromatic carbocycles. The van der Waals surface area contributed by atoms with Crippen molar-refractivity contribution in [3.8, 4) is 0 Å². The number of allylic oxidation sites excluding steroid dienone is 1. The van der Waals surface area contributed by atoms with Crippen molar-refractivity contribution in [1.82, 2.24) is 0 Å². The molecule has 0 atom stereocenters. The Kier molecular flexibility index (Phi) is 7.48. The predicted octanol–water partition coefficient (Wildman–Crippen LogP) is -0.470. The lowest BCUT2D eigenvalue weighted by atomic mass is 10.4. The van der Waals surface area contributed by atoms with Gasteiger partial charge in [-0.3, -0.25) is 0 Å². The second kappa shape index (κ2) is 7.74. The van der Waals surface area contributed by atoms with Crippen LogP contribution in [0.15, 0.2) is 40.5 Å². The molecule has 0 bridgehead atoms. The maximum atomic E-state index is 10.7. The maximum Gasteiger partial charge on any atom is 0.485 e. The summed E-state index contributed by atoms with van der Waals surface area (Å²) < 4.78 is 62.7. The second-order valence-electron chi connectivity index (χ2n) is 2.76. The van der Waals surface area contributed by atoms with E-state index in [0.29, 0.717) is 0 Å². The Morgan fingerprint density at radius 2 is 1.67 bits per heavy atom. The lowest BCUT2D eigenvalue weighted by Gasteiger charge is -2.08. The summed E-state index contributed by atoms with van der Waals surface area (Å²) in [6, 6.07) is 10.6. The molecule has 0 spiro atoms. The van der Waals surface area contributed by atoms with Gasteiger partial charge in [0, 0.05) is 0 Å². The molecule has 0 heterocycles. The van der Waals surface area contributed by atoms with Gasteiger partial charge in [0.2, 0.25) is 0 Å². The van der Waals surface area contributed by atoms with Gasteiger partial charge in [0.15, 0.2) is 17.8 Å². The Labute approximate surface area is 114 Å². The largest absolute Gasteiger partial charge is 0.741 e. The molecule has 0 aliphatic heterocycles. The van der Waals surface area contributed by atoms with Crippen LogP contribution in [0.3, 0.4) is 0 Å². The zero-order chi connectivity index (χ0) is 14.2. The molecule has 0 aliphatic rings. The summed E-state index contributed by atoms with van der Waals surface area (Å²) in [7, 11) is -6.09. The van der Waals surface area contributed by atoms with Gasteiger partial charge in [-0.15, -0.1) is 0 Å². The minimum atomic E-state index is -6.09. The van der Waals surface area contributed by atoms with E-state index in [-0.39, 0.29) is 21.2 Å². The quantitative estimate of drug-likeness (QED) is 0.387. The highest BCUT2D eigenvalue weighted by Gasteiger charge is 2.36. The summed E-state index contributed by atoms with van der Waals surface area (Å²) in [5.41, 5.74) is -5.65. The van der Waals surface area contributed by atoms with Gasteiger partial charge in [-0.05, 0) is 25.1 Å². The number of hydrogen-bond donors (Lipinski definition) is 0. The highest BCUT2D eigenvalue weighted by atomic mass is 127. The molecule has 0 amide bonds. The van der Waals surface area contributed by atoms with Crippen LogP contribution in [-0.2, 0) is 10.1 Å². The van der Waals surface area contributed by atoms with Crippen LogP contribution >= 0.6 is 0 Å². The van der Waals surface area contributed by atoms with E-state index in [9.17, 15) is 13.2 Å². The number of hydrogen-bond acceptors (Lipinski definition) is 3. The Morgan fingerprint density at radius 3 is 2.00 bits per heavy atom. The molecule has 0 saturated heterocycles. The van der Waals surface area contributed by atoms with Gasteiger partial charge in [-0.25, -0.2) is 8.42 Å². The normalized spacial score (nSPS) is 12.1. The summed E-state index contributed by atoms with van der Waals surface area (Å²) in [5, 5.41) is 0. The third kappa shape index (κ3) is 7.67. The minimum Gasteiger partial charge on any atom is -0.741 e. The van der Waals surface area contributed by atoms with Crippen LogP contribution < -0.4 is 21.2 Å². The van der Waals surface area contributed by atoms with Gasteiger partial charge in [0.25, 0.3) is 0 Å². The molecule has 102 valence electrons. The molecule has 8 heteroatoms. The molecule has 0 N–H and O–H groups in total. The third-order valence-electron chi connectivity index (χ3n) is 1.33. The lowest BCUT2D eigenvalue weighted by Crippen LogP contribution is -3.59. The van der Waals surface area contributed by atoms with Crippen molar-refractivity contribution in [2.75, 3.05) is 0 Å². The monoisotopic (exact) mass is 394 g/mol. The van der Waals surface area contributed by atoms with Gasteiger partial charge in [-0.1, -0.05) is 18.2 Å². The highest BCUT2D eigenvalue weighted by Crippen LogP contribution is 2.20. The third-order valence-corrected chi connectivity index (χ3v) is 4.42. The van der Waals surface area contributed by atoms with Crippen LogP contribution in [0.1, 0.15) is 6.92 Å². The van der Waals surface area contributed by atoms with E-state index in [1.54, 1.807) is 0 Å². The van der Waals surface area contributed by atoms with Crippen LogP contribution in [0.5, 0.6) is 0 Å². The Balaban J connectivity index is 0.000000331. The van der Waals surface area contributed by atoms with Crippen molar-refractivity contribution in [1.29, 1.82) is 0 Å².